The molecule has 5 heteroatoms. The second kappa shape index (κ2) is 6.11. The van der Waals surface area contributed by atoms with E-state index in [9.17, 15) is 5.11 Å². The Bertz CT molecular complexity index is 441. The zero-order valence-electron chi connectivity index (χ0n) is 11.4. The van der Waals surface area contributed by atoms with Crippen LogP contribution in [0.15, 0.2) is 19.6 Å². The molecule has 1 N–H and O–H groups in total. The van der Waals surface area contributed by atoms with E-state index >= 15 is 0 Å². The van der Waals surface area contributed by atoms with Crippen molar-refractivity contribution in [3.05, 3.63) is 21.0 Å². The maximum atomic E-state index is 10.6. The molecule has 1 spiro atoms. The summed E-state index contributed by atoms with van der Waals surface area (Å²) in [5.74, 6) is 0.869. The Labute approximate surface area is 136 Å². The van der Waals surface area contributed by atoms with Crippen LogP contribution in [-0.2, 0) is 4.74 Å². The topological polar surface area (TPSA) is 42.6 Å². The smallest absolute Gasteiger partial charge is 0.183 e. The first-order valence-electron chi connectivity index (χ1n) is 7.36. The van der Waals surface area contributed by atoms with Crippen LogP contribution in [0.25, 0.3) is 0 Å². The van der Waals surface area contributed by atoms with Gasteiger partial charge in [0.25, 0.3) is 0 Å². The van der Waals surface area contributed by atoms with Crippen LogP contribution in [0, 0.1) is 5.92 Å². The molecule has 2 heterocycles. The molecule has 20 heavy (non-hydrogen) atoms. The summed E-state index contributed by atoms with van der Waals surface area (Å²) in [5.41, 5.74) is 0.0171. The molecule has 2 atom stereocenters. The SMILES string of the molecule is OC(c1cc(Br)c(Br)o1)C1CCOC2(CCCCC2)C1. The second-order valence-corrected chi connectivity index (χ2v) is 7.63. The quantitative estimate of drug-likeness (QED) is 0.752. The third kappa shape index (κ3) is 3.01. The summed E-state index contributed by atoms with van der Waals surface area (Å²) in [5, 5.41) is 10.6. The van der Waals surface area contributed by atoms with Gasteiger partial charge in [-0.25, -0.2) is 0 Å². The Kier molecular flexibility index (Phi) is 4.60. The predicted octanol–water partition coefficient (Wildman–Crippen LogP) is 4.97. The van der Waals surface area contributed by atoms with Crippen LogP contribution in [0.1, 0.15) is 56.8 Å². The van der Waals surface area contributed by atoms with Crippen molar-refractivity contribution in [3.8, 4) is 0 Å². The Hall–Kier alpha value is 0.160. The average molecular weight is 408 g/mol. The first-order chi connectivity index (χ1) is 9.60. The van der Waals surface area contributed by atoms with Crippen LogP contribution in [0.2, 0.25) is 0 Å². The fourth-order valence-corrected chi connectivity index (χ4v) is 4.23. The van der Waals surface area contributed by atoms with E-state index in [1.165, 1.54) is 19.3 Å². The van der Waals surface area contributed by atoms with Gasteiger partial charge in [0.1, 0.15) is 11.9 Å². The van der Waals surface area contributed by atoms with Crippen molar-refractivity contribution >= 4 is 31.9 Å². The Balaban J connectivity index is 1.72. The number of aliphatic hydroxyl groups excluding tert-OH is 1. The minimum atomic E-state index is -0.541. The first-order valence-corrected chi connectivity index (χ1v) is 8.95. The van der Waals surface area contributed by atoms with Gasteiger partial charge in [-0.2, -0.15) is 0 Å². The largest absolute Gasteiger partial charge is 0.450 e. The van der Waals surface area contributed by atoms with Crippen LogP contribution >= 0.6 is 31.9 Å². The highest BCUT2D eigenvalue weighted by Gasteiger charge is 2.41. The summed E-state index contributed by atoms with van der Waals surface area (Å²) in [7, 11) is 0. The van der Waals surface area contributed by atoms with Crippen molar-refractivity contribution in [1.29, 1.82) is 0 Å². The van der Waals surface area contributed by atoms with Gasteiger partial charge in [0.15, 0.2) is 4.67 Å². The van der Waals surface area contributed by atoms with Gasteiger partial charge in [-0.1, -0.05) is 19.3 Å². The normalized spacial score (nSPS) is 27.6. The number of furan rings is 1. The summed E-state index contributed by atoms with van der Waals surface area (Å²) in [6.45, 7) is 0.755. The third-order valence-corrected chi connectivity index (χ3v) is 6.41. The lowest BCUT2D eigenvalue weighted by molar-refractivity contribution is -0.135. The molecular formula is C15H20Br2O3. The van der Waals surface area contributed by atoms with Crippen LogP contribution in [0.3, 0.4) is 0 Å². The summed E-state index contributed by atoms with van der Waals surface area (Å²) < 4.78 is 13.2. The molecule has 1 aliphatic heterocycles. The van der Waals surface area contributed by atoms with Crippen molar-refractivity contribution in [1.82, 2.24) is 0 Å². The summed E-state index contributed by atoms with van der Waals surface area (Å²) in [6.07, 6.45) is 7.41. The van der Waals surface area contributed by atoms with Crippen LogP contribution in [-0.4, -0.2) is 17.3 Å². The maximum absolute atomic E-state index is 10.6. The molecule has 2 fully saturated rings. The number of hydrogen-bond acceptors (Lipinski definition) is 3. The van der Waals surface area contributed by atoms with E-state index in [0.717, 1.165) is 36.8 Å². The monoisotopic (exact) mass is 406 g/mol. The Morgan fingerprint density at radius 1 is 1.25 bits per heavy atom. The molecule has 0 radical (unpaired) electrons. The predicted molar refractivity (Wildman–Crippen MR) is 83.6 cm³/mol. The average Bonchev–Trinajstić information content (AvgIpc) is 2.79. The van der Waals surface area contributed by atoms with E-state index in [-0.39, 0.29) is 11.5 Å². The van der Waals surface area contributed by atoms with Crippen LogP contribution in [0.4, 0.5) is 0 Å². The van der Waals surface area contributed by atoms with Gasteiger partial charge in [-0.3, -0.25) is 0 Å². The van der Waals surface area contributed by atoms with Crippen molar-refractivity contribution in [2.75, 3.05) is 6.61 Å². The molecule has 2 aliphatic rings. The van der Waals surface area contributed by atoms with Gasteiger partial charge in [-0.05, 0) is 69.5 Å². The summed E-state index contributed by atoms with van der Waals surface area (Å²) in [4.78, 5) is 0. The number of ether oxygens (including phenoxy) is 1. The second-order valence-electron chi connectivity index (χ2n) is 6.06. The van der Waals surface area contributed by atoms with Crippen LogP contribution < -0.4 is 0 Å². The standard InChI is InChI=1S/C15H20Br2O3/c16-11-8-12(20-14(11)17)13(18)10-4-7-19-15(9-10)5-2-1-3-6-15/h8,10,13,18H,1-7,9H2. The molecule has 1 aromatic rings. The molecule has 1 saturated heterocycles. The molecule has 0 bridgehead atoms. The first kappa shape index (κ1) is 15.1. The molecule has 1 aliphatic carbocycles. The van der Waals surface area contributed by atoms with Gasteiger partial charge in [0.2, 0.25) is 0 Å². The third-order valence-electron chi connectivity index (χ3n) is 4.70. The minimum absolute atomic E-state index is 0.0171. The minimum Gasteiger partial charge on any atom is -0.450 e. The highest BCUT2D eigenvalue weighted by atomic mass is 79.9. The van der Waals surface area contributed by atoms with Gasteiger partial charge >= 0.3 is 0 Å². The van der Waals surface area contributed by atoms with E-state index in [0.29, 0.717) is 10.4 Å². The highest BCUT2D eigenvalue weighted by Crippen LogP contribution is 2.45. The molecule has 112 valence electrons. The number of halogens is 2. The number of hydrogen-bond donors (Lipinski definition) is 1. The summed E-state index contributed by atoms with van der Waals surface area (Å²) >= 11 is 6.73. The van der Waals surface area contributed by atoms with E-state index in [1.54, 1.807) is 0 Å². The van der Waals surface area contributed by atoms with Crippen molar-refractivity contribution < 1.29 is 14.3 Å². The van der Waals surface area contributed by atoms with Crippen LogP contribution in [0.5, 0.6) is 0 Å². The molecule has 1 aromatic heterocycles. The fourth-order valence-electron chi connectivity index (χ4n) is 3.62. The highest BCUT2D eigenvalue weighted by molar-refractivity contribution is 9.13. The lowest BCUT2D eigenvalue weighted by Crippen LogP contribution is -2.42. The lowest BCUT2D eigenvalue weighted by atomic mass is 9.74. The zero-order chi connectivity index (χ0) is 14.2. The zero-order valence-corrected chi connectivity index (χ0v) is 14.6. The maximum Gasteiger partial charge on any atom is 0.183 e. The molecule has 3 nitrogen and oxygen atoms in total. The molecule has 2 unspecified atom stereocenters. The Morgan fingerprint density at radius 2 is 2.00 bits per heavy atom. The Morgan fingerprint density at radius 3 is 2.65 bits per heavy atom. The number of rotatable bonds is 2. The van der Waals surface area contributed by atoms with Gasteiger partial charge in [-0.15, -0.1) is 0 Å². The van der Waals surface area contributed by atoms with Crippen molar-refractivity contribution in [2.45, 2.75) is 56.7 Å². The molecule has 1 saturated carbocycles. The lowest BCUT2D eigenvalue weighted by Gasteiger charge is -2.44. The number of aliphatic hydroxyl groups is 1. The molecule has 0 aromatic carbocycles. The molecule has 3 rings (SSSR count). The van der Waals surface area contributed by atoms with E-state index < -0.39 is 6.10 Å². The van der Waals surface area contributed by atoms with Crippen molar-refractivity contribution in [2.24, 2.45) is 5.92 Å². The van der Waals surface area contributed by atoms with Gasteiger partial charge < -0.3 is 14.3 Å². The van der Waals surface area contributed by atoms with E-state index in [1.807, 2.05) is 6.07 Å². The summed E-state index contributed by atoms with van der Waals surface area (Å²) in [6, 6.07) is 1.86. The van der Waals surface area contributed by atoms with E-state index in [2.05, 4.69) is 31.9 Å². The molecule has 0 amide bonds. The van der Waals surface area contributed by atoms with Gasteiger partial charge in [0, 0.05) is 6.61 Å². The van der Waals surface area contributed by atoms with Crippen molar-refractivity contribution in [3.63, 3.8) is 0 Å². The van der Waals surface area contributed by atoms with E-state index in [4.69, 9.17) is 9.15 Å². The fraction of sp³-hybridized carbons (Fsp3) is 0.733. The molecular weight excluding hydrogens is 388 g/mol. The van der Waals surface area contributed by atoms with Gasteiger partial charge in [0.05, 0.1) is 10.1 Å².